The Balaban J connectivity index is 1.35. The Hall–Kier alpha value is -4.19. The van der Waals surface area contributed by atoms with Crippen LogP contribution in [-0.2, 0) is 9.59 Å². The lowest BCUT2D eigenvalue weighted by atomic mass is 10.1. The molecule has 5 rings (SSSR count). The van der Waals surface area contributed by atoms with E-state index in [0.717, 1.165) is 22.1 Å². The van der Waals surface area contributed by atoms with Crippen LogP contribution < -0.4 is 15.4 Å². The van der Waals surface area contributed by atoms with Gasteiger partial charge in [0.2, 0.25) is 5.91 Å². The van der Waals surface area contributed by atoms with Crippen molar-refractivity contribution >= 4 is 34.2 Å². The summed E-state index contributed by atoms with van der Waals surface area (Å²) in [7, 11) is 1.76. The zero-order valence-corrected chi connectivity index (χ0v) is 19.4. The smallest absolute Gasteiger partial charge is 0.263 e. The number of carbonyl (C=O) groups excluding carboxylic acids is 2. The molecule has 1 aliphatic heterocycles. The number of anilines is 2. The van der Waals surface area contributed by atoms with E-state index in [-0.39, 0.29) is 30.7 Å². The molecule has 1 aromatic carbocycles. The second kappa shape index (κ2) is 8.87. The first-order valence-corrected chi connectivity index (χ1v) is 11.4. The summed E-state index contributed by atoms with van der Waals surface area (Å²) in [6.07, 6.45) is 3.72. The number of likely N-dealkylation sites (tertiary alicyclic amines) is 1. The molecule has 2 fully saturated rings. The number of amides is 2. The molecule has 9 heteroatoms. The summed E-state index contributed by atoms with van der Waals surface area (Å²) in [6.45, 7) is 2.75. The molecular formula is C26H24FN5O3. The average molecular weight is 474 g/mol. The number of hydrogen-bond donors (Lipinski definition) is 2. The largest absolute Gasteiger partial charge is 0.487 e. The molecule has 0 spiro atoms. The fraction of sp³-hybridized carbons (Fsp3) is 0.308. The van der Waals surface area contributed by atoms with E-state index in [9.17, 15) is 14.0 Å². The first-order valence-electron chi connectivity index (χ1n) is 11.4. The molecule has 8 nitrogen and oxygen atoms in total. The van der Waals surface area contributed by atoms with Gasteiger partial charge in [-0.05, 0) is 43.2 Å². The van der Waals surface area contributed by atoms with Gasteiger partial charge in [-0.3, -0.25) is 9.59 Å². The Kier molecular flexibility index (Phi) is 5.73. The number of alkyl halides is 1. The number of halogens is 1. The van der Waals surface area contributed by atoms with Crippen LogP contribution in [0.5, 0.6) is 5.75 Å². The monoisotopic (exact) mass is 473 g/mol. The van der Waals surface area contributed by atoms with Gasteiger partial charge in [-0.2, -0.15) is 0 Å². The van der Waals surface area contributed by atoms with Gasteiger partial charge >= 0.3 is 0 Å². The summed E-state index contributed by atoms with van der Waals surface area (Å²) in [4.78, 5) is 33.8. The normalized spacial score (nSPS) is 16.0. The zero-order chi connectivity index (χ0) is 24.6. The third-order valence-corrected chi connectivity index (χ3v) is 6.14. The van der Waals surface area contributed by atoms with E-state index in [1.807, 2.05) is 24.3 Å². The molecule has 3 heterocycles. The van der Waals surface area contributed by atoms with Crippen molar-refractivity contribution in [1.29, 1.82) is 0 Å². The van der Waals surface area contributed by atoms with Crippen LogP contribution in [0, 0.1) is 11.8 Å². The number of ether oxygens (including phenoxy) is 1. The zero-order valence-electron chi connectivity index (χ0n) is 19.4. The van der Waals surface area contributed by atoms with E-state index in [1.54, 1.807) is 37.3 Å². The van der Waals surface area contributed by atoms with Gasteiger partial charge in [0.15, 0.2) is 5.67 Å². The molecule has 1 saturated carbocycles. The number of pyridine rings is 2. The molecule has 2 N–H and O–H groups in total. The van der Waals surface area contributed by atoms with Gasteiger partial charge in [0, 0.05) is 42.7 Å². The summed E-state index contributed by atoms with van der Waals surface area (Å²) >= 11 is 0. The highest BCUT2D eigenvalue weighted by atomic mass is 19.1. The van der Waals surface area contributed by atoms with Crippen molar-refractivity contribution in [2.24, 2.45) is 0 Å². The molecule has 178 valence electrons. The van der Waals surface area contributed by atoms with Crippen LogP contribution in [0.15, 0.2) is 42.7 Å². The molecule has 2 aromatic heterocycles. The maximum Gasteiger partial charge on any atom is 0.263 e. The number of fused-ring (bicyclic) bond motifs is 1. The fourth-order valence-corrected chi connectivity index (χ4v) is 3.79. The molecular weight excluding hydrogens is 449 g/mol. The van der Waals surface area contributed by atoms with Crippen LogP contribution in [0.4, 0.5) is 16.0 Å². The SMILES string of the molecule is CNc1ncc(C#Cc2ccc(OC3CN(C(C)=O)C3)cc2)c2cc(NC(=O)C3(F)CC3)ncc12. The van der Waals surface area contributed by atoms with Crippen molar-refractivity contribution in [2.75, 3.05) is 30.8 Å². The topological polar surface area (TPSA) is 96.5 Å². The number of nitrogens with one attached hydrogen (secondary N) is 2. The minimum absolute atomic E-state index is 0.00875. The van der Waals surface area contributed by atoms with Crippen molar-refractivity contribution in [1.82, 2.24) is 14.9 Å². The molecule has 0 atom stereocenters. The van der Waals surface area contributed by atoms with Gasteiger partial charge in [0.1, 0.15) is 23.5 Å². The Bertz CT molecular complexity index is 1370. The second-order valence-corrected chi connectivity index (χ2v) is 8.74. The summed E-state index contributed by atoms with van der Waals surface area (Å²) in [5.41, 5.74) is -0.343. The highest BCUT2D eigenvalue weighted by molar-refractivity contribution is 6.01. The van der Waals surface area contributed by atoms with Gasteiger partial charge in [0.05, 0.1) is 18.7 Å². The van der Waals surface area contributed by atoms with Crippen LogP contribution in [-0.4, -0.2) is 58.6 Å². The summed E-state index contributed by atoms with van der Waals surface area (Å²) in [6, 6.07) is 9.12. The second-order valence-electron chi connectivity index (χ2n) is 8.74. The Morgan fingerprint density at radius 2 is 1.86 bits per heavy atom. The Morgan fingerprint density at radius 3 is 2.51 bits per heavy atom. The Labute approximate surface area is 201 Å². The van der Waals surface area contributed by atoms with E-state index in [2.05, 4.69) is 32.4 Å². The van der Waals surface area contributed by atoms with E-state index in [4.69, 9.17) is 4.74 Å². The first kappa shape index (κ1) is 22.6. The molecule has 0 radical (unpaired) electrons. The van der Waals surface area contributed by atoms with Crippen LogP contribution in [0.2, 0.25) is 0 Å². The van der Waals surface area contributed by atoms with E-state index in [1.165, 1.54) is 0 Å². The predicted octanol–water partition coefficient (Wildman–Crippen LogP) is 3.12. The van der Waals surface area contributed by atoms with Crippen molar-refractivity contribution in [3.05, 3.63) is 53.9 Å². The van der Waals surface area contributed by atoms with Crippen LogP contribution in [0.1, 0.15) is 30.9 Å². The quantitative estimate of drug-likeness (QED) is 0.553. The molecule has 1 saturated heterocycles. The predicted molar refractivity (Wildman–Crippen MR) is 130 cm³/mol. The van der Waals surface area contributed by atoms with Crippen molar-refractivity contribution in [3.8, 4) is 17.6 Å². The van der Waals surface area contributed by atoms with Gasteiger partial charge in [-0.15, -0.1) is 0 Å². The average Bonchev–Trinajstić information content (AvgIpc) is 3.58. The minimum Gasteiger partial charge on any atom is -0.487 e. The number of carbonyl (C=O) groups is 2. The van der Waals surface area contributed by atoms with E-state index >= 15 is 0 Å². The van der Waals surface area contributed by atoms with Crippen LogP contribution in [0.3, 0.4) is 0 Å². The van der Waals surface area contributed by atoms with Crippen molar-refractivity contribution in [3.63, 3.8) is 0 Å². The highest BCUT2D eigenvalue weighted by Gasteiger charge is 2.51. The number of aromatic nitrogens is 2. The van der Waals surface area contributed by atoms with Gasteiger partial charge in [-0.1, -0.05) is 11.8 Å². The lowest BCUT2D eigenvalue weighted by Gasteiger charge is -2.38. The standard InChI is InChI=1S/C26H24FN5O3/c1-16(33)32-14-20(15-32)35-19-7-4-17(5-8-19)3-6-18-12-30-24(28-2)22-13-29-23(11-21(18)22)31-25(34)26(27)9-10-26/h4-5,7-8,11-13,20H,9-10,14-15H2,1-2H3,(H,28,30)(H,29,31,34). The number of rotatable bonds is 5. The lowest BCUT2D eigenvalue weighted by Crippen LogP contribution is -2.55. The maximum absolute atomic E-state index is 14.1. The van der Waals surface area contributed by atoms with Gasteiger partial charge in [-0.25, -0.2) is 14.4 Å². The fourth-order valence-electron chi connectivity index (χ4n) is 3.79. The van der Waals surface area contributed by atoms with Gasteiger partial charge in [0.25, 0.3) is 5.91 Å². The van der Waals surface area contributed by atoms with E-state index in [0.29, 0.717) is 24.5 Å². The molecule has 3 aromatic rings. The molecule has 35 heavy (non-hydrogen) atoms. The first-order chi connectivity index (χ1) is 16.8. The maximum atomic E-state index is 14.1. The highest BCUT2D eigenvalue weighted by Crippen LogP contribution is 2.40. The third kappa shape index (κ3) is 4.73. The Morgan fingerprint density at radius 1 is 1.11 bits per heavy atom. The number of hydrogen-bond acceptors (Lipinski definition) is 6. The van der Waals surface area contributed by atoms with E-state index < -0.39 is 11.6 Å². The van der Waals surface area contributed by atoms with Gasteiger partial charge < -0.3 is 20.3 Å². The summed E-state index contributed by atoms with van der Waals surface area (Å²) < 4.78 is 19.9. The lowest BCUT2D eigenvalue weighted by molar-refractivity contribution is -0.137. The minimum atomic E-state index is -1.78. The molecule has 2 amide bonds. The molecule has 0 bridgehead atoms. The molecule has 0 unspecified atom stereocenters. The third-order valence-electron chi connectivity index (χ3n) is 6.14. The summed E-state index contributed by atoms with van der Waals surface area (Å²) in [5.74, 6) is 7.27. The number of nitrogens with zero attached hydrogens (tertiary/aromatic N) is 3. The van der Waals surface area contributed by atoms with Crippen molar-refractivity contribution < 1.29 is 18.7 Å². The summed E-state index contributed by atoms with van der Waals surface area (Å²) in [5, 5.41) is 7.07. The van der Waals surface area contributed by atoms with Crippen LogP contribution >= 0.6 is 0 Å². The number of benzene rings is 1. The molecule has 2 aliphatic rings. The van der Waals surface area contributed by atoms with Crippen LogP contribution in [0.25, 0.3) is 10.8 Å². The molecule has 1 aliphatic carbocycles. The van der Waals surface area contributed by atoms with Crippen molar-refractivity contribution in [2.45, 2.75) is 31.5 Å².